The molecule has 4 N–H and O–H groups in total. The Morgan fingerprint density at radius 1 is 1.06 bits per heavy atom. The van der Waals surface area contributed by atoms with Gasteiger partial charge in [-0.05, 0) is 42.0 Å². The Kier molecular flexibility index (Phi) is 5.31. The van der Waals surface area contributed by atoms with Crippen molar-refractivity contribution in [2.75, 3.05) is 5.32 Å². The first-order valence-corrected chi connectivity index (χ1v) is 10.9. The molecule has 2 aromatic carbocycles. The van der Waals surface area contributed by atoms with Crippen molar-refractivity contribution >= 4 is 55.9 Å². The van der Waals surface area contributed by atoms with E-state index in [2.05, 4.69) is 15.3 Å². The van der Waals surface area contributed by atoms with Crippen molar-refractivity contribution in [1.29, 1.82) is 0 Å². The minimum atomic E-state index is -3.89. The fraction of sp³-hybridized carbons (Fsp3) is 0. The molecule has 0 fully saturated rings. The molecule has 0 aliphatic carbocycles. The first kappa shape index (κ1) is 21.1. The average Bonchev–Trinajstić information content (AvgIpc) is 2.73. The third-order valence-electron chi connectivity index (χ3n) is 4.37. The van der Waals surface area contributed by atoms with Crippen LogP contribution < -0.4 is 16.0 Å². The number of sulfonamides is 1. The maximum Gasteiger partial charge on any atom is 0.292 e. The Balaban J connectivity index is 1.76. The lowest BCUT2D eigenvalue weighted by Gasteiger charge is -2.10. The molecular weight excluding hydrogens is 465 g/mol. The van der Waals surface area contributed by atoms with Crippen LogP contribution in [0.4, 0.5) is 11.6 Å². The van der Waals surface area contributed by atoms with Gasteiger partial charge >= 0.3 is 0 Å². The fourth-order valence-electron chi connectivity index (χ4n) is 2.89. The third kappa shape index (κ3) is 4.19. The van der Waals surface area contributed by atoms with Gasteiger partial charge in [0.15, 0.2) is 5.65 Å². The topological polar surface area (TPSA) is 140 Å². The van der Waals surface area contributed by atoms with Crippen molar-refractivity contribution < 1.29 is 13.6 Å². The smallest absolute Gasteiger partial charge is 0.292 e. The Bertz CT molecular complexity index is 1510. The lowest BCUT2D eigenvalue weighted by Crippen LogP contribution is -2.21. The summed E-state index contributed by atoms with van der Waals surface area (Å²) in [5.74, 6) is 0.0311. The van der Waals surface area contributed by atoms with Crippen LogP contribution in [0.15, 0.2) is 64.4 Å². The van der Waals surface area contributed by atoms with Gasteiger partial charge in [-0.2, -0.15) is 4.98 Å². The number of primary sulfonamides is 1. The molecule has 0 spiro atoms. The lowest BCUT2D eigenvalue weighted by molar-refractivity contribution is 0.187. The number of nitrogens with one attached hydrogen (secondary N) is 1. The Morgan fingerprint density at radius 3 is 2.55 bits per heavy atom. The van der Waals surface area contributed by atoms with Gasteiger partial charge in [0.2, 0.25) is 16.0 Å². The summed E-state index contributed by atoms with van der Waals surface area (Å²) in [4.78, 5) is 20.9. The molecule has 0 bridgehead atoms. The summed E-state index contributed by atoms with van der Waals surface area (Å²) in [7, 11) is -3.89. The second-order valence-electron chi connectivity index (χ2n) is 6.47. The molecule has 0 saturated heterocycles. The Morgan fingerprint density at radius 2 is 1.84 bits per heavy atom. The Labute approximate surface area is 185 Å². The van der Waals surface area contributed by atoms with Crippen LogP contribution in [0.25, 0.3) is 22.2 Å². The molecule has 0 saturated carbocycles. The molecule has 9 nitrogen and oxygen atoms in total. The molecule has 12 heteroatoms. The van der Waals surface area contributed by atoms with Gasteiger partial charge in [-0.25, -0.2) is 18.5 Å². The minimum Gasteiger partial charge on any atom is -0.423 e. The van der Waals surface area contributed by atoms with E-state index in [1.54, 1.807) is 18.2 Å². The zero-order valence-corrected chi connectivity index (χ0v) is 17.8. The summed E-state index contributed by atoms with van der Waals surface area (Å²) in [6.07, 6.45) is 1.40. The normalized spacial score (nSPS) is 11.6. The van der Waals surface area contributed by atoms with Gasteiger partial charge in [-0.1, -0.05) is 35.3 Å². The number of rotatable bonds is 4. The molecule has 0 aliphatic heterocycles. The van der Waals surface area contributed by atoms with Crippen molar-refractivity contribution in [2.45, 2.75) is 4.90 Å². The zero-order chi connectivity index (χ0) is 22.3. The van der Waals surface area contributed by atoms with Crippen LogP contribution in [0.5, 0.6) is 0 Å². The van der Waals surface area contributed by atoms with Crippen molar-refractivity contribution in [3.05, 3.63) is 75.1 Å². The lowest BCUT2D eigenvalue weighted by atomic mass is 10.1. The molecule has 4 aromatic rings. The average molecular weight is 478 g/mol. The van der Waals surface area contributed by atoms with E-state index in [-0.39, 0.29) is 27.1 Å². The first-order valence-electron chi connectivity index (χ1n) is 8.61. The number of pyridine rings is 1. The molecule has 0 amide bonds. The summed E-state index contributed by atoms with van der Waals surface area (Å²) < 4.78 is 23.4. The summed E-state index contributed by atoms with van der Waals surface area (Å²) in [6.45, 7) is 0. The van der Waals surface area contributed by atoms with Gasteiger partial charge in [-0.15, -0.1) is 4.73 Å². The third-order valence-corrected chi connectivity index (χ3v) is 6.02. The number of fused-ring (bicyclic) bond motifs is 1. The van der Waals surface area contributed by atoms with Gasteiger partial charge in [0, 0.05) is 17.3 Å². The van der Waals surface area contributed by atoms with Crippen LogP contribution in [0.3, 0.4) is 0 Å². The van der Waals surface area contributed by atoms with E-state index in [1.807, 2.05) is 0 Å². The van der Waals surface area contributed by atoms with Gasteiger partial charge in [0.05, 0.1) is 20.5 Å². The summed E-state index contributed by atoms with van der Waals surface area (Å²) in [6, 6.07) is 11.9. The number of halogens is 2. The molecule has 158 valence electrons. The van der Waals surface area contributed by atoms with E-state index in [9.17, 15) is 18.4 Å². The highest BCUT2D eigenvalue weighted by molar-refractivity contribution is 7.89. The molecule has 4 rings (SSSR count). The van der Waals surface area contributed by atoms with Gasteiger partial charge in [0.1, 0.15) is 0 Å². The second-order valence-corrected chi connectivity index (χ2v) is 8.85. The summed E-state index contributed by atoms with van der Waals surface area (Å²) in [5.41, 5.74) is 0.232. The van der Waals surface area contributed by atoms with E-state index in [1.165, 1.54) is 36.5 Å². The van der Waals surface area contributed by atoms with Crippen LogP contribution in [-0.4, -0.2) is 28.3 Å². The number of benzene rings is 2. The SMILES string of the molecule is NS(=O)(=O)c1cccc(Nc2ncc3cc(-c4ccc(Cl)c(Cl)c4)c(=O)n(O)c3n2)c1. The highest BCUT2D eigenvalue weighted by atomic mass is 35.5. The molecular formula is C19H13Cl2N5O4S. The van der Waals surface area contributed by atoms with Crippen molar-refractivity contribution in [3.8, 4) is 11.1 Å². The van der Waals surface area contributed by atoms with Crippen LogP contribution >= 0.6 is 23.2 Å². The van der Waals surface area contributed by atoms with E-state index >= 15 is 0 Å². The second kappa shape index (κ2) is 7.82. The highest BCUT2D eigenvalue weighted by Gasteiger charge is 2.14. The Hall–Kier alpha value is -3.18. The van der Waals surface area contributed by atoms with Crippen molar-refractivity contribution in [3.63, 3.8) is 0 Å². The van der Waals surface area contributed by atoms with E-state index in [4.69, 9.17) is 28.3 Å². The molecule has 2 aromatic heterocycles. The zero-order valence-electron chi connectivity index (χ0n) is 15.5. The van der Waals surface area contributed by atoms with Crippen molar-refractivity contribution in [1.82, 2.24) is 14.7 Å². The van der Waals surface area contributed by atoms with Crippen molar-refractivity contribution in [2.24, 2.45) is 5.14 Å². The summed E-state index contributed by atoms with van der Waals surface area (Å²) >= 11 is 12.0. The molecule has 0 radical (unpaired) electrons. The predicted molar refractivity (Wildman–Crippen MR) is 118 cm³/mol. The maximum absolute atomic E-state index is 12.7. The molecule has 31 heavy (non-hydrogen) atoms. The highest BCUT2D eigenvalue weighted by Crippen LogP contribution is 2.28. The van der Waals surface area contributed by atoms with Crippen LogP contribution in [0.1, 0.15) is 0 Å². The van der Waals surface area contributed by atoms with Crippen LogP contribution in [0, 0.1) is 0 Å². The number of hydrogen-bond acceptors (Lipinski definition) is 7. The molecule has 2 heterocycles. The summed E-state index contributed by atoms with van der Waals surface area (Å²) in [5, 5.41) is 19.3. The molecule has 0 atom stereocenters. The molecule has 0 unspecified atom stereocenters. The maximum atomic E-state index is 12.7. The number of nitrogens with zero attached hydrogens (tertiary/aromatic N) is 3. The molecule has 0 aliphatic rings. The number of nitrogens with two attached hydrogens (primary N) is 1. The quantitative estimate of drug-likeness (QED) is 0.382. The number of hydrogen-bond donors (Lipinski definition) is 3. The number of aromatic nitrogens is 3. The van der Waals surface area contributed by atoms with E-state index in [0.717, 1.165) is 0 Å². The van der Waals surface area contributed by atoms with E-state index < -0.39 is 15.6 Å². The fourth-order valence-corrected chi connectivity index (χ4v) is 3.75. The van der Waals surface area contributed by atoms with Crippen LogP contribution in [-0.2, 0) is 10.0 Å². The van der Waals surface area contributed by atoms with Crippen LogP contribution in [0.2, 0.25) is 10.0 Å². The predicted octanol–water partition coefficient (Wildman–Crippen LogP) is 3.39. The monoisotopic (exact) mass is 477 g/mol. The van der Waals surface area contributed by atoms with Gasteiger partial charge < -0.3 is 10.5 Å². The first-order chi connectivity index (χ1) is 14.6. The van der Waals surface area contributed by atoms with E-state index in [0.29, 0.717) is 26.4 Å². The van der Waals surface area contributed by atoms with Gasteiger partial charge in [-0.3, -0.25) is 4.79 Å². The largest absolute Gasteiger partial charge is 0.423 e. The number of anilines is 2. The van der Waals surface area contributed by atoms with Gasteiger partial charge in [0.25, 0.3) is 5.56 Å². The minimum absolute atomic E-state index is 0.0311. The standard InChI is InChI=1S/C19H13Cl2N5O4S/c20-15-5-4-10(7-16(15)21)14-6-11-9-23-19(25-17(11)26(28)18(14)27)24-12-2-1-3-13(8-12)31(22,29)30/h1-9,28H,(H2,22,29,30)(H,23,24,25).